The molecule has 2 aromatic rings. The maximum Gasteiger partial charge on any atom is 0.226 e. The Hall–Kier alpha value is -1.07. The molecule has 1 fully saturated rings. The van der Waals surface area contributed by atoms with E-state index in [9.17, 15) is 0 Å². The van der Waals surface area contributed by atoms with Crippen LogP contribution in [0.3, 0.4) is 0 Å². The standard InChI is InChI=1S/C15H18ClN3O.ClH/c16-13-4-1-3-12(9-13)15-18-14(11-20-15)10-19-7-2-5-17-6-8-19;/h1,3-4,9,11,17H,2,5-8,10H2;1H. The van der Waals surface area contributed by atoms with Crippen molar-refractivity contribution >= 4 is 24.0 Å². The van der Waals surface area contributed by atoms with Crippen LogP contribution in [0.2, 0.25) is 5.02 Å². The van der Waals surface area contributed by atoms with Crippen LogP contribution in [0.1, 0.15) is 12.1 Å². The first-order chi connectivity index (χ1) is 9.81. The average Bonchev–Trinajstić information content (AvgIpc) is 2.75. The third kappa shape index (κ3) is 4.45. The molecule has 21 heavy (non-hydrogen) atoms. The van der Waals surface area contributed by atoms with Gasteiger partial charge in [0.05, 0.1) is 5.69 Å². The summed E-state index contributed by atoms with van der Waals surface area (Å²) in [7, 11) is 0. The van der Waals surface area contributed by atoms with Crippen molar-refractivity contribution in [1.29, 1.82) is 0 Å². The van der Waals surface area contributed by atoms with Crippen LogP contribution in [0, 0.1) is 0 Å². The summed E-state index contributed by atoms with van der Waals surface area (Å²) in [4.78, 5) is 6.96. The number of nitrogens with zero attached hydrogens (tertiary/aromatic N) is 2. The lowest BCUT2D eigenvalue weighted by molar-refractivity contribution is 0.281. The number of nitrogens with one attached hydrogen (secondary N) is 1. The lowest BCUT2D eigenvalue weighted by Gasteiger charge is -2.17. The van der Waals surface area contributed by atoms with E-state index in [1.54, 1.807) is 6.26 Å². The summed E-state index contributed by atoms with van der Waals surface area (Å²) < 4.78 is 5.57. The minimum Gasteiger partial charge on any atom is -0.444 e. The van der Waals surface area contributed by atoms with E-state index in [0.29, 0.717) is 10.9 Å². The molecule has 0 unspecified atom stereocenters. The summed E-state index contributed by atoms with van der Waals surface area (Å²) in [5, 5.41) is 4.10. The number of halogens is 2. The fourth-order valence-corrected chi connectivity index (χ4v) is 2.61. The van der Waals surface area contributed by atoms with Crippen LogP contribution in [-0.2, 0) is 6.54 Å². The summed E-state index contributed by atoms with van der Waals surface area (Å²) in [6.45, 7) is 5.14. The van der Waals surface area contributed by atoms with E-state index >= 15 is 0 Å². The topological polar surface area (TPSA) is 41.3 Å². The highest BCUT2D eigenvalue weighted by Crippen LogP contribution is 2.22. The maximum absolute atomic E-state index is 5.99. The monoisotopic (exact) mass is 327 g/mol. The van der Waals surface area contributed by atoms with E-state index in [2.05, 4.69) is 15.2 Å². The van der Waals surface area contributed by atoms with Crippen LogP contribution >= 0.6 is 24.0 Å². The molecule has 0 saturated carbocycles. The number of hydrogen-bond acceptors (Lipinski definition) is 4. The minimum atomic E-state index is 0. The van der Waals surface area contributed by atoms with Gasteiger partial charge in [0, 0.05) is 30.2 Å². The molecule has 0 amide bonds. The van der Waals surface area contributed by atoms with E-state index in [1.807, 2.05) is 24.3 Å². The molecular weight excluding hydrogens is 309 g/mol. The molecule has 0 spiro atoms. The van der Waals surface area contributed by atoms with Crippen molar-refractivity contribution in [3.63, 3.8) is 0 Å². The molecule has 1 N–H and O–H groups in total. The van der Waals surface area contributed by atoms with Crippen molar-refractivity contribution in [3.05, 3.63) is 41.2 Å². The lowest BCUT2D eigenvalue weighted by Crippen LogP contribution is -2.27. The van der Waals surface area contributed by atoms with Crippen LogP contribution in [-0.4, -0.2) is 36.1 Å². The molecule has 4 nitrogen and oxygen atoms in total. The zero-order valence-corrected chi connectivity index (χ0v) is 13.3. The van der Waals surface area contributed by atoms with Crippen molar-refractivity contribution in [3.8, 4) is 11.5 Å². The third-order valence-electron chi connectivity index (χ3n) is 3.44. The smallest absolute Gasteiger partial charge is 0.226 e. The summed E-state index contributed by atoms with van der Waals surface area (Å²) in [5.74, 6) is 0.635. The zero-order valence-electron chi connectivity index (χ0n) is 11.7. The highest BCUT2D eigenvalue weighted by atomic mass is 35.5. The van der Waals surface area contributed by atoms with Crippen molar-refractivity contribution in [1.82, 2.24) is 15.2 Å². The zero-order chi connectivity index (χ0) is 13.8. The van der Waals surface area contributed by atoms with Crippen LogP contribution in [0.25, 0.3) is 11.5 Å². The fraction of sp³-hybridized carbons (Fsp3) is 0.400. The van der Waals surface area contributed by atoms with Gasteiger partial charge in [-0.15, -0.1) is 12.4 Å². The van der Waals surface area contributed by atoms with Crippen molar-refractivity contribution in [2.45, 2.75) is 13.0 Å². The number of aromatic nitrogens is 1. The second-order valence-corrected chi connectivity index (χ2v) is 5.47. The van der Waals surface area contributed by atoms with Crippen molar-refractivity contribution in [2.24, 2.45) is 0 Å². The molecule has 2 heterocycles. The molecule has 114 valence electrons. The summed E-state index contributed by atoms with van der Waals surface area (Å²) in [6.07, 6.45) is 2.92. The Morgan fingerprint density at radius 2 is 2.19 bits per heavy atom. The Morgan fingerprint density at radius 3 is 3.05 bits per heavy atom. The van der Waals surface area contributed by atoms with Gasteiger partial charge in [-0.3, -0.25) is 4.90 Å². The predicted molar refractivity (Wildman–Crippen MR) is 87.0 cm³/mol. The number of oxazole rings is 1. The van der Waals surface area contributed by atoms with Gasteiger partial charge in [0.25, 0.3) is 0 Å². The first kappa shape index (κ1) is 16.3. The molecule has 1 aromatic heterocycles. The lowest BCUT2D eigenvalue weighted by atomic mass is 10.2. The van der Waals surface area contributed by atoms with Crippen LogP contribution in [0.15, 0.2) is 34.9 Å². The highest BCUT2D eigenvalue weighted by molar-refractivity contribution is 6.30. The van der Waals surface area contributed by atoms with Crippen LogP contribution < -0.4 is 5.32 Å². The van der Waals surface area contributed by atoms with E-state index in [0.717, 1.165) is 44.0 Å². The van der Waals surface area contributed by atoms with E-state index in [4.69, 9.17) is 16.0 Å². The van der Waals surface area contributed by atoms with E-state index < -0.39 is 0 Å². The summed E-state index contributed by atoms with van der Waals surface area (Å²) in [5.41, 5.74) is 1.89. The molecular formula is C15H19Cl2N3O. The number of rotatable bonds is 3. The first-order valence-corrected chi connectivity index (χ1v) is 7.32. The second kappa shape index (κ2) is 7.80. The first-order valence-electron chi connectivity index (χ1n) is 6.95. The van der Waals surface area contributed by atoms with Gasteiger partial charge in [-0.25, -0.2) is 4.98 Å². The van der Waals surface area contributed by atoms with Gasteiger partial charge in [0.1, 0.15) is 6.26 Å². The normalized spacial score (nSPS) is 16.2. The largest absolute Gasteiger partial charge is 0.444 e. The molecule has 1 aromatic carbocycles. The minimum absolute atomic E-state index is 0. The van der Waals surface area contributed by atoms with Gasteiger partial charge in [0.2, 0.25) is 5.89 Å². The summed E-state index contributed by atoms with van der Waals surface area (Å²) in [6, 6.07) is 7.57. The molecule has 1 aliphatic rings. The van der Waals surface area contributed by atoms with Crippen LogP contribution in [0.5, 0.6) is 0 Å². The third-order valence-corrected chi connectivity index (χ3v) is 3.68. The maximum atomic E-state index is 5.99. The molecule has 0 bridgehead atoms. The fourth-order valence-electron chi connectivity index (χ4n) is 2.42. The SMILES string of the molecule is Cl.Clc1cccc(-c2nc(CN3CCCNCC3)co2)c1. The van der Waals surface area contributed by atoms with E-state index in [1.165, 1.54) is 6.42 Å². The Labute approximate surface area is 135 Å². The molecule has 1 aliphatic heterocycles. The molecule has 0 radical (unpaired) electrons. The van der Waals surface area contributed by atoms with E-state index in [-0.39, 0.29) is 12.4 Å². The second-order valence-electron chi connectivity index (χ2n) is 5.03. The molecule has 0 atom stereocenters. The Balaban J connectivity index is 0.00000161. The van der Waals surface area contributed by atoms with Gasteiger partial charge in [-0.1, -0.05) is 17.7 Å². The van der Waals surface area contributed by atoms with Gasteiger partial charge >= 0.3 is 0 Å². The molecule has 1 saturated heterocycles. The Morgan fingerprint density at radius 1 is 1.29 bits per heavy atom. The number of benzene rings is 1. The predicted octanol–water partition coefficient (Wildman–Crippen LogP) is 3.21. The average molecular weight is 328 g/mol. The van der Waals surface area contributed by atoms with Crippen LogP contribution in [0.4, 0.5) is 0 Å². The Bertz CT molecular complexity index is 566. The molecule has 3 rings (SSSR count). The number of hydrogen-bond donors (Lipinski definition) is 1. The van der Waals surface area contributed by atoms with Gasteiger partial charge < -0.3 is 9.73 Å². The van der Waals surface area contributed by atoms with Crippen molar-refractivity contribution < 1.29 is 4.42 Å². The van der Waals surface area contributed by atoms with Gasteiger partial charge in [-0.05, 0) is 37.7 Å². The van der Waals surface area contributed by atoms with Crippen molar-refractivity contribution in [2.75, 3.05) is 26.2 Å². The highest BCUT2D eigenvalue weighted by Gasteiger charge is 2.12. The summed E-state index contributed by atoms with van der Waals surface area (Å²) >= 11 is 5.99. The van der Waals surface area contributed by atoms with Gasteiger partial charge in [0.15, 0.2) is 0 Å². The quantitative estimate of drug-likeness (QED) is 0.939. The molecule has 6 heteroatoms. The van der Waals surface area contributed by atoms with Gasteiger partial charge in [-0.2, -0.15) is 0 Å². The molecule has 0 aliphatic carbocycles. The Kier molecular flexibility index (Phi) is 6.06.